The van der Waals surface area contributed by atoms with Crippen LogP contribution in [0.1, 0.15) is 30.1 Å². The Bertz CT molecular complexity index is 776. The molecular weight excluding hydrogens is 328 g/mol. The summed E-state index contributed by atoms with van der Waals surface area (Å²) < 4.78 is 5.06. The fraction of sp³-hybridized carbons (Fsp3) is 0.429. The molecule has 1 fully saturated rings. The highest BCUT2D eigenvalue weighted by atomic mass is 16.5. The molecule has 26 heavy (non-hydrogen) atoms. The largest absolute Gasteiger partial charge is 0.383 e. The number of nitrogens with one attached hydrogen (secondary N) is 1. The van der Waals surface area contributed by atoms with E-state index in [1.807, 2.05) is 54.3 Å². The maximum atomic E-state index is 13.0. The minimum absolute atomic E-state index is 0.00263. The first-order valence-corrected chi connectivity index (χ1v) is 9.16. The van der Waals surface area contributed by atoms with Gasteiger partial charge < -0.3 is 15.0 Å². The molecular formula is C21H26N2O3. The molecule has 5 heteroatoms. The minimum atomic E-state index is -0.0362. The Balaban J connectivity index is 1.62. The van der Waals surface area contributed by atoms with Crippen LogP contribution in [0.2, 0.25) is 0 Å². The Hall–Kier alpha value is -2.40. The van der Waals surface area contributed by atoms with Crippen LogP contribution in [0, 0.1) is 5.92 Å². The van der Waals surface area contributed by atoms with Gasteiger partial charge in [0.25, 0.3) is 5.91 Å². The zero-order valence-electron chi connectivity index (χ0n) is 15.4. The molecule has 3 rings (SSSR count). The molecule has 1 aliphatic heterocycles. The zero-order valence-corrected chi connectivity index (χ0v) is 15.4. The lowest BCUT2D eigenvalue weighted by Crippen LogP contribution is -2.45. The van der Waals surface area contributed by atoms with Crippen molar-refractivity contribution in [2.45, 2.75) is 25.8 Å². The molecule has 1 saturated heterocycles. The van der Waals surface area contributed by atoms with E-state index in [0.717, 1.165) is 16.3 Å². The van der Waals surface area contributed by atoms with Crippen LogP contribution in [0.5, 0.6) is 0 Å². The van der Waals surface area contributed by atoms with Gasteiger partial charge in [0, 0.05) is 37.7 Å². The van der Waals surface area contributed by atoms with Crippen molar-refractivity contribution in [3.63, 3.8) is 0 Å². The summed E-state index contributed by atoms with van der Waals surface area (Å²) in [7, 11) is 1.63. The molecule has 1 heterocycles. The highest BCUT2D eigenvalue weighted by Gasteiger charge is 2.28. The molecule has 1 aliphatic rings. The summed E-state index contributed by atoms with van der Waals surface area (Å²) >= 11 is 0. The Labute approximate surface area is 154 Å². The van der Waals surface area contributed by atoms with E-state index in [0.29, 0.717) is 32.5 Å². The maximum absolute atomic E-state index is 13.0. The normalized spacial score (nSPS) is 16.5. The average Bonchev–Trinajstić information content (AvgIpc) is 2.67. The van der Waals surface area contributed by atoms with Crippen molar-refractivity contribution in [2.24, 2.45) is 5.92 Å². The van der Waals surface area contributed by atoms with E-state index in [9.17, 15) is 9.59 Å². The van der Waals surface area contributed by atoms with Crippen molar-refractivity contribution in [1.82, 2.24) is 10.2 Å². The van der Waals surface area contributed by atoms with Crippen LogP contribution in [0.25, 0.3) is 10.8 Å². The van der Waals surface area contributed by atoms with E-state index in [-0.39, 0.29) is 23.8 Å². The lowest BCUT2D eigenvalue weighted by molar-refractivity contribution is -0.127. The summed E-state index contributed by atoms with van der Waals surface area (Å²) in [5.41, 5.74) is 0.736. The van der Waals surface area contributed by atoms with Gasteiger partial charge in [0.15, 0.2) is 0 Å². The fourth-order valence-electron chi connectivity index (χ4n) is 3.58. The van der Waals surface area contributed by atoms with E-state index in [1.165, 1.54) is 0 Å². The van der Waals surface area contributed by atoms with Crippen LogP contribution in [-0.2, 0) is 9.53 Å². The average molecular weight is 354 g/mol. The SMILES string of the molecule is COCC(C)NC(=O)C1CCN(C(=O)c2cccc3ccccc23)CC1. The predicted molar refractivity (Wildman–Crippen MR) is 102 cm³/mol. The third kappa shape index (κ3) is 4.05. The van der Waals surface area contributed by atoms with Crippen LogP contribution in [0.3, 0.4) is 0 Å². The molecule has 0 radical (unpaired) electrons. The van der Waals surface area contributed by atoms with E-state index < -0.39 is 0 Å². The second-order valence-corrected chi connectivity index (χ2v) is 6.96. The monoisotopic (exact) mass is 354 g/mol. The van der Waals surface area contributed by atoms with Gasteiger partial charge in [-0.2, -0.15) is 0 Å². The number of piperidine rings is 1. The molecule has 1 unspecified atom stereocenters. The smallest absolute Gasteiger partial charge is 0.254 e. The van der Waals surface area contributed by atoms with Gasteiger partial charge in [-0.05, 0) is 36.6 Å². The molecule has 1 atom stereocenters. The van der Waals surface area contributed by atoms with Crippen LogP contribution in [-0.4, -0.2) is 49.6 Å². The van der Waals surface area contributed by atoms with Gasteiger partial charge in [0.1, 0.15) is 0 Å². The molecule has 5 nitrogen and oxygen atoms in total. The minimum Gasteiger partial charge on any atom is -0.383 e. The lowest BCUT2D eigenvalue weighted by Gasteiger charge is -2.32. The Morgan fingerprint density at radius 1 is 1.15 bits per heavy atom. The third-order valence-electron chi connectivity index (χ3n) is 4.98. The number of nitrogens with zero attached hydrogens (tertiary/aromatic N) is 1. The number of amides is 2. The summed E-state index contributed by atoms with van der Waals surface area (Å²) in [5, 5.41) is 5.03. The second kappa shape index (κ2) is 8.32. The number of carbonyl (C=O) groups is 2. The number of likely N-dealkylation sites (tertiary alicyclic amines) is 1. The van der Waals surface area contributed by atoms with Crippen molar-refractivity contribution in [3.05, 3.63) is 48.0 Å². The fourth-order valence-corrected chi connectivity index (χ4v) is 3.58. The molecule has 0 spiro atoms. The molecule has 138 valence electrons. The zero-order chi connectivity index (χ0) is 18.5. The van der Waals surface area contributed by atoms with Crippen molar-refractivity contribution in [1.29, 1.82) is 0 Å². The van der Waals surface area contributed by atoms with E-state index >= 15 is 0 Å². The molecule has 0 aliphatic carbocycles. The number of hydrogen-bond acceptors (Lipinski definition) is 3. The van der Waals surface area contributed by atoms with E-state index in [1.54, 1.807) is 7.11 Å². The first-order valence-electron chi connectivity index (χ1n) is 9.16. The van der Waals surface area contributed by atoms with Crippen LogP contribution in [0.15, 0.2) is 42.5 Å². The van der Waals surface area contributed by atoms with Gasteiger partial charge in [0.05, 0.1) is 6.61 Å². The summed E-state index contributed by atoms with van der Waals surface area (Å²) in [6.07, 6.45) is 1.39. The number of rotatable bonds is 5. The summed E-state index contributed by atoms with van der Waals surface area (Å²) in [6, 6.07) is 13.8. The van der Waals surface area contributed by atoms with Crippen LogP contribution < -0.4 is 5.32 Å². The highest BCUT2D eigenvalue weighted by molar-refractivity contribution is 6.07. The third-order valence-corrected chi connectivity index (χ3v) is 4.98. The number of hydrogen-bond donors (Lipinski definition) is 1. The van der Waals surface area contributed by atoms with Crippen LogP contribution in [0.4, 0.5) is 0 Å². The molecule has 0 saturated carbocycles. The highest BCUT2D eigenvalue weighted by Crippen LogP contribution is 2.23. The van der Waals surface area contributed by atoms with Gasteiger partial charge in [-0.15, -0.1) is 0 Å². The topological polar surface area (TPSA) is 58.6 Å². The number of benzene rings is 2. The van der Waals surface area contributed by atoms with Gasteiger partial charge in [-0.3, -0.25) is 9.59 Å². The van der Waals surface area contributed by atoms with Crippen molar-refractivity contribution < 1.29 is 14.3 Å². The van der Waals surface area contributed by atoms with Gasteiger partial charge in [-0.25, -0.2) is 0 Å². The molecule has 0 bridgehead atoms. The summed E-state index contributed by atoms with van der Waals surface area (Å²) in [4.78, 5) is 27.2. The number of methoxy groups -OCH3 is 1. The molecule has 1 N–H and O–H groups in total. The number of carbonyl (C=O) groups excluding carboxylic acids is 2. The maximum Gasteiger partial charge on any atom is 0.254 e. The van der Waals surface area contributed by atoms with Gasteiger partial charge in [0.2, 0.25) is 5.91 Å². The molecule has 2 aromatic rings. The molecule has 0 aromatic heterocycles. The van der Waals surface area contributed by atoms with Gasteiger partial charge in [-0.1, -0.05) is 36.4 Å². The Morgan fingerprint density at radius 2 is 1.85 bits per heavy atom. The van der Waals surface area contributed by atoms with Crippen LogP contribution >= 0.6 is 0 Å². The lowest BCUT2D eigenvalue weighted by atomic mass is 9.94. The summed E-state index contributed by atoms with van der Waals surface area (Å²) in [6.45, 7) is 3.66. The van der Waals surface area contributed by atoms with Gasteiger partial charge >= 0.3 is 0 Å². The first-order chi connectivity index (χ1) is 12.6. The molecule has 2 amide bonds. The second-order valence-electron chi connectivity index (χ2n) is 6.96. The van der Waals surface area contributed by atoms with Crippen molar-refractivity contribution >= 4 is 22.6 Å². The standard InChI is InChI=1S/C21H26N2O3/c1-15(14-26-2)22-20(24)17-10-12-23(13-11-17)21(25)19-9-5-7-16-6-3-4-8-18(16)19/h3-9,15,17H,10-14H2,1-2H3,(H,22,24). The van der Waals surface area contributed by atoms with E-state index in [2.05, 4.69) is 5.32 Å². The van der Waals surface area contributed by atoms with Crippen molar-refractivity contribution in [2.75, 3.05) is 26.8 Å². The Morgan fingerprint density at radius 3 is 2.58 bits per heavy atom. The summed E-state index contributed by atoms with van der Waals surface area (Å²) in [5.74, 6) is 0.0751. The number of fused-ring (bicyclic) bond motifs is 1. The van der Waals surface area contributed by atoms with E-state index in [4.69, 9.17) is 4.74 Å². The first kappa shape index (κ1) is 18.4. The molecule has 2 aromatic carbocycles. The number of ether oxygens (including phenoxy) is 1. The quantitative estimate of drug-likeness (QED) is 0.898. The Kier molecular flexibility index (Phi) is 5.89. The van der Waals surface area contributed by atoms with Crippen molar-refractivity contribution in [3.8, 4) is 0 Å². The predicted octanol–water partition coefficient (Wildman–Crippen LogP) is 2.84.